The van der Waals surface area contributed by atoms with Crippen molar-refractivity contribution in [3.05, 3.63) is 67.2 Å². The van der Waals surface area contributed by atoms with E-state index < -0.39 is 5.91 Å². The quantitative estimate of drug-likeness (QED) is 0.406. The number of anilines is 1. The van der Waals surface area contributed by atoms with Gasteiger partial charge >= 0.3 is 0 Å². The van der Waals surface area contributed by atoms with Crippen molar-refractivity contribution in [3.63, 3.8) is 0 Å². The number of carbonyl (C=O) groups excluding carboxylic acids is 1. The summed E-state index contributed by atoms with van der Waals surface area (Å²) >= 11 is 14.0. The number of rotatable bonds is 3. The molecule has 2 aromatic carbocycles. The summed E-state index contributed by atoms with van der Waals surface area (Å²) in [7, 11) is 0. The molecule has 0 spiro atoms. The molecule has 0 fully saturated rings. The Morgan fingerprint density at radius 3 is 2.64 bits per heavy atom. The summed E-state index contributed by atoms with van der Waals surface area (Å²) < 4.78 is 0.946. The van der Waals surface area contributed by atoms with Gasteiger partial charge in [0, 0.05) is 8.59 Å². The molecule has 0 aliphatic rings. The number of nitriles is 1. The molecule has 22 heavy (non-hydrogen) atoms. The van der Waals surface area contributed by atoms with Crippen molar-refractivity contribution in [2.75, 3.05) is 5.32 Å². The lowest BCUT2D eigenvalue weighted by Gasteiger charge is -2.07. The third-order valence-electron chi connectivity index (χ3n) is 2.75. The molecular formula is C16H9Cl2IN2O. The minimum absolute atomic E-state index is 0.0137. The van der Waals surface area contributed by atoms with Gasteiger partial charge in [-0.2, -0.15) is 5.26 Å². The summed E-state index contributed by atoms with van der Waals surface area (Å²) in [6.45, 7) is 0. The molecule has 1 amide bonds. The number of hydrogen-bond donors (Lipinski definition) is 1. The first-order valence-electron chi connectivity index (χ1n) is 6.14. The number of hydrogen-bond acceptors (Lipinski definition) is 2. The Morgan fingerprint density at radius 1 is 1.23 bits per heavy atom. The molecule has 0 bridgehead atoms. The zero-order valence-corrected chi connectivity index (χ0v) is 14.8. The molecule has 1 N–H and O–H groups in total. The molecule has 0 saturated heterocycles. The molecule has 0 aliphatic heterocycles. The zero-order chi connectivity index (χ0) is 16.1. The minimum Gasteiger partial charge on any atom is -0.320 e. The van der Waals surface area contributed by atoms with E-state index in [0.717, 1.165) is 9.13 Å². The fourth-order valence-corrected chi connectivity index (χ4v) is 2.56. The van der Waals surface area contributed by atoms with Gasteiger partial charge in [0.15, 0.2) is 0 Å². The lowest BCUT2D eigenvalue weighted by Crippen LogP contribution is -2.13. The van der Waals surface area contributed by atoms with E-state index in [1.165, 1.54) is 12.1 Å². The van der Waals surface area contributed by atoms with Crippen LogP contribution in [0.25, 0.3) is 6.08 Å². The molecular weight excluding hydrogens is 434 g/mol. The second-order valence-electron chi connectivity index (χ2n) is 4.27. The molecule has 3 nitrogen and oxygen atoms in total. The average Bonchev–Trinajstić information content (AvgIpc) is 2.50. The van der Waals surface area contributed by atoms with Crippen molar-refractivity contribution < 1.29 is 4.79 Å². The van der Waals surface area contributed by atoms with E-state index in [0.29, 0.717) is 15.7 Å². The Balaban J connectivity index is 2.29. The van der Waals surface area contributed by atoms with Crippen LogP contribution in [0.5, 0.6) is 0 Å². The third-order valence-corrected chi connectivity index (χ3v) is 4.29. The summed E-state index contributed by atoms with van der Waals surface area (Å²) in [6, 6.07) is 14.1. The molecule has 6 heteroatoms. The van der Waals surface area contributed by atoms with Crippen LogP contribution in [0.2, 0.25) is 10.0 Å². The summed E-state index contributed by atoms with van der Waals surface area (Å²) in [6.07, 6.45) is 1.54. The maximum absolute atomic E-state index is 12.2. The number of nitrogens with zero attached hydrogens (tertiary/aromatic N) is 1. The van der Waals surface area contributed by atoms with Gasteiger partial charge < -0.3 is 5.32 Å². The van der Waals surface area contributed by atoms with Crippen LogP contribution in [0.3, 0.4) is 0 Å². The highest BCUT2D eigenvalue weighted by Gasteiger charge is 2.12. The van der Waals surface area contributed by atoms with E-state index in [9.17, 15) is 10.1 Å². The zero-order valence-electron chi connectivity index (χ0n) is 11.1. The highest BCUT2D eigenvalue weighted by molar-refractivity contribution is 14.1. The molecule has 2 rings (SSSR count). The van der Waals surface area contributed by atoms with Crippen LogP contribution in [0.15, 0.2) is 48.0 Å². The van der Waals surface area contributed by atoms with Crippen molar-refractivity contribution in [3.8, 4) is 6.07 Å². The van der Waals surface area contributed by atoms with Gasteiger partial charge in [0.2, 0.25) is 0 Å². The van der Waals surface area contributed by atoms with Crippen LogP contribution in [0.1, 0.15) is 5.56 Å². The second-order valence-corrected chi connectivity index (χ2v) is 6.28. The van der Waals surface area contributed by atoms with Gasteiger partial charge in [0.05, 0.1) is 10.7 Å². The molecule has 0 aliphatic carbocycles. The SMILES string of the molecule is N#C/C(=C\c1ccccc1I)C(=O)Nc1cc(Cl)ccc1Cl. The van der Waals surface area contributed by atoms with E-state index in [1.54, 1.807) is 12.1 Å². The Labute approximate surface area is 151 Å². The molecule has 0 radical (unpaired) electrons. The summed E-state index contributed by atoms with van der Waals surface area (Å²) in [5, 5.41) is 12.6. The van der Waals surface area contributed by atoms with E-state index >= 15 is 0 Å². The van der Waals surface area contributed by atoms with Crippen molar-refractivity contribution in [1.82, 2.24) is 0 Å². The number of halogens is 3. The largest absolute Gasteiger partial charge is 0.320 e. The predicted octanol–water partition coefficient (Wildman–Crippen LogP) is 5.14. The van der Waals surface area contributed by atoms with Crippen LogP contribution in [0.4, 0.5) is 5.69 Å². The Morgan fingerprint density at radius 2 is 1.95 bits per heavy atom. The topological polar surface area (TPSA) is 52.9 Å². The van der Waals surface area contributed by atoms with Crippen molar-refractivity contribution in [1.29, 1.82) is 5.26 Å². The Bertz CT molecular complexity index is 797. The van der Waals surface area contributed by atoms with Crippen LogP contribution in [0, 0.1) is 14.9 Å². The molecule has 110 valence electrons. The maximum atomic E-state index is 12.2. The summed E-state index contributed by atoms with van der Waals surface area (Å²) in [5.41, 5.74) is 1.15. The smallest absolute Gasteiger partial charge is 0.266 e. The van der Waals surface area contributed by atoms with Crippen LogP contribution < -0.4 is 5.32 Å². The fraction of sp³-hybridized carbons (Fsp3) is 0. The predicted molar refractivity (Wildman–Crippen MR) is 97.8 cm³/mol. The van der Waals surface area contributed by atoms with E-state index in [4.69, 9.17) is 23.2 Å². The molecule has 0 atom stereocenters. The van der Waals surface area contributed by atoms with Crippen molar-refractivity contribution >= 4 is 63.5 Å². The van der Waals surface area contributed by atoms with E-state index in [-0.39, 0.29) is 5.57 Å². The molecule has 0 unspecified atom stereocenters. The first-order valence-corrected chi connectivity index (χ1v) is 7.97. The molecule has 0 aromatic heterocycles. The summed E-state index contributed by atoms with van der Waals surface area (Å²) in [5.74, 6) is -0.536. The normalized spacial score (nSPS) is 10.9. The monoisotopic (exact) mass is 442 g/mol. The van der Waals surface area contributed by atoms with E-state index in [2.05, 4.69) is 27.9 Å². The number of nitrogens with one attached hydrogen (secondary N) is 1. The van der Waals surface area contributed by atoms with Crippen LogP contribution in [-0.4, -0.2) is 5.91 Å². The van der Waals surface area contributed by atoms with Crippen molar-refractivity contribution in [2.24, 2.45) is 0 Å². The number of amides is 1. The van der Waals surface area contributed by atoms with Gasteiger partial charge in [0.25, 0.3) is 5.91 Å². The fourth-order valence-electron chi connectivity index (χ4n) is 1.68. The van der Waals surface area contributed by atoms with Crippen molar-refractivity contribution in [2.45, 2.75) is 0 Å². The van der Waals surface area contributed by atoms with Gasteiger partial charge in [0.1, 0.15) is 11.6 Å². The lowest BCUT2D eigenvalue weighted by molar-refractivity contribution is -0.112. The first kappa shape index (κ1) is 16.8. The van der Waals surface area contributed by atoms with Crippen LogP contribution in [-0.2, 0) is 4.79 Å². The second kappa shape index (κ2) is 7.63. The molecule has 2 aromatic rings. The number of carbonyl (C=O) groups is 1. The van der Waals surface area contributed by atoms with Gasteiger partial charge in [-0.3, -0.25) is 4.79 Å². The maximum Gasteiger partial charge on any atom is 0.266 e. The van der Waals surface area contributed by atoms with Gasteiger partial charge in [-0.1, -0.05) is 41.4 Å². The highest BCUT2D eigenvalue weighted by Crippen LogP contribution is 2.26. The number of benzene rings is 2. The molecule has 0 heterocycles. The van der Waals surface area contributed by atoms with Gasteiger partial charge in [-0.25, -0.2) is 0 Å². The van der Waals surface area contributed by atoms with E-state index in [1.807, 2.05) is 30.3 Å². The minimum atomic E-state index is -0.536. The van der Waals surface area contributed by atoms with Crippen LogP contribution >= 0.6 is 45.8 Å². The lowest BCUT2D eigenvalue weighted by atomic mass is 10.1. The highest BCUT2D eigenvalue weighted by atomic mass is 127. The summed E-state index contributed by atoms with van der Waals surface area (Å²) in [4.78, 5) is 12.2. The standard InChI is InChI=1S/C16H9Cl2IN2O/c17-12-5-6-13(18)15(8-12)21-16(22)11(9-20)7-10-3-1-2-4-14(10)19/h1-8H,(H,21,22)/b11-7+. The average molecular weight is 443 g/mol. The van der Waals surface area contributed by atoms with Gasteiger partial charge in [-0.05, 0) is 58.5 Å². The Hall–Kier alpha value is -1.55. The Kier molecular flexibility index (Phi) is 5.83. The third kappa shape index (κ3) is 4.23. The first-order chi connectivity index (χ1) is 10.5. The van der Waals surface area contributed by atoms with Gasteiger partial charge in [-0.15, -0.1) is 0 Å². The molecule has 0 saturated carbocycles.